The maximum atomic E-state index is 13.3. The zero-order chi connectivity index (χ0) is 39.1. The number of aliphatic hydroxyl groups is 1. The quantitative estimate of drug-likeness (QED) is 0.0768. The number of fused-ring (bicyclic) bond motifs is 9. The molecular formula is C49H55NO6. The Kier molecular flexibility index (Phi) is 14.7. The van der Waals surface area contributed by atoms with Crippen LogP contribution in [-0.2, 0) is 41.8 Å². The maximum Gasteiger partial charge on any atom is 0.161 e. The van der Waals surface area contributed by atoms with Crippen molar-refractivity contribution in [1.29, 1.82) is 0 Å². The standard InChI is InChI=1S/C49H55NO6/c1-35(51)46(31-37-14-8-6-9-15-37)50-41-17-11-16-36(30-41)13-7-4-3-5-10-18-43-33-42(52)24-20-38-22-27-48(54-2)49(32-38)56-34-39-21-25-44-40(29-39)23-26-47(53)45(44)19-12-28-55-43/h6,8-9,11,14-17,21-23,25-27,29-30,32,35,43,46,50-51,53H,3-5,7,10,13,18-20,24,31,33-34H2,1-2H3. The van der Waals surface area contributed by atoms with E-state index in [-0.39, 0.29) is 23.7 Å². The molecule has 3 N–H and O–H groups in total. The molecule has 7 heteroatoms. The highest BCUT2D eigenvalue weighted by molar-refractivity contribution is 5.88. The molecule has 6 bridgehead atoms. The summed E-state index contributed by atoms with van der Waals surface area (Å²) in [6.07, 6.45) is 11.6. The van der Waals surface area contributed by atoms with Crippen LogP contribution in [0.2, 0.25) is 0 Å². The highest BCUT2D eigenvalue weighted by Gasteiger charge is 2.18. The number of benzene rings is 5. The van der Waals surface area contributed by atoms with Crippen LogP contribution >= 0.6 is 0 Å². The van der Waals surface area contributed by atoms with Crippen LogP contribution in [0.4, 0.5) is 5.69 Å². The molecule has 3 unspecified atom stereocenters. The second-order valence-corrected chi connectivity index (χ2v) is 15.0. The lowest BCUT2D eigenvalue weighted by Gasteiger charge is -2.23. The van der Waals surface area contributed by atoms with Crippen LogP contribution in [0.3, 0.4) is 0 Å². The number of phenolic OH excluding ortho intramolecular Hbond substituents is 1. The molecule has 2 aliphatic heterocycles. The van der Waals surface area contributed by atoms with E-state index >= 15 is 0 Å². The number of aliphatic hydroxyl groups excluding tert-OH is 1. The van der Waals surface area contributed by atoms with Gasteiger partial charge >= 0.3 is 0 Å². The van der Waals surface area contributed by atoms with Crippen LogP contribution in [0.1, 0.15) is 86.1 Å². The molecule has 7 rings (SSSR count). The first-order valence-electron chi connectivity index (χ1n) is 20.1. The normalized spacial score (nSPS) is 15.7. The van der Waals surface area contributed by atoms with Gasteiger partial charge in [-0.3, -0.25) is 4.79 Å². The van der Waals surface area contributed by atoms with Gasteiger partial charge in [-0.05, 0) is 115 Å². The fourth-order valence-electron chi connectivity index (χ4n) is 7.42. The summed E-state index contributed by atoms with van der Waals surface area (Å²) in [4.78, 5) is 13.3. The van der Waals surface area contributed by atoms with Crippen molar-refractivity contribution in [1.82, 2.24) is 0 Å². The van der Waals surface area contributed by atoms with Gasteiger partial charge in [-0.2, -0.15) is 0 Å². The van der Waals surface area contributed by atoms with Crippen molar-refractivity contribution < 1.29 is 29.2 Å². The number of unbranched alkanes of at least 4 members (excludes halogenated alkanes) is 4. The summed E-state index contributed by atoms with van der Waals surface area (Å²) < 4.78 is 17.9. The molecule has 2 aliphatic rings. The van der Waals surface area contributed by atoms with Gasteiger partial charge in [-0.1, -0.05) is 91.9 Å². The average Bonchev–Trinajstić information content (AvgIpc) is 3.21. The summed E-state index contributed by atoms with van der Waals surface area (Å²) in [6.45, 7) is 2.20. The first kappa shape index (κ1) is 40.2. The van der Waals surface area contributed by atoms with Crippen LogP contribution in [-0.4, -0.2) is 41.4 Å². The number of anilines is 1. The number of aryl methyl sites for hydroxylation is 2. The Hall–Kier alpha value is -5.45. The van der Waals surface area contributed by atoms with Gasteiger partial charge in [0.1, 0.15) is 30.4 Å². The number of methoxy groups -OCH3 is 1. The second kappa shape index (κ2) is 20.5. The fraction of sp³-hybridized carbons (Fsp3) is 0.367. The molecule has 56 heavy (non-hydrogen) atoms. The Morgan fingerprint density at radius 2 is 1.66 bits per heavy atom. The smallest absolute Gasteiger partial charge is 0.161 e. The van der Waals surface area contributed by atoms with E-state index in [9.17, 15) is 15.0 Å². The number of Topliss-reactive ketones (excluding diaryl/α,β-unsaturated/α-hetero) is 1. The van der Waals surface area contributed by atoms with Gasteiger partial charge in [0.25, 0.3) is 0 Å². The summed E-state index contributed by atoms with van der Waals surface area (Å²) in [5.74, 6) is 4.74. The van der Waals surface area contributed by atoms with Crippen LogP contribution in [0, 0.1) is 12.0 Å². The van der Waals surface area contributed by atoms with E-state index in [1.165, 1.54) is 11.1 Å². The minimum absolute atomic E-state index is 0.0706. The van der Waals surface area contributed by atoms with Crippen molar-refractivity contribution in [3.05, 3.63) is 131 Å². The summed E-state index contributed by atoms with van der Waals surface area (Å²) in [6, 6.07) is 34.3. The molecule has 0 saturated carbocycles. The lowest BCUT2D eigenvalue weighted by atomic mass is 9.99. The van der Waals surface area contributed by atoms with Gasteiger partial charge < -0.3 is 29.7 Å². The van der Waals surface area contributed by atoms with Crippen molar-refractivity contribution in [2.75, 3.05) is 12.4 Å². The van der Waals surface area contributed by atoms with Gasteiger partial charge in [0.15, 0.2) is 11.5 Å². The van der Waals surface area contributed by atoms with E-state index in [0.29, 0.717) is 43.8 Å². The lowest BCUT2D eigenvalue weighted by molar-refractivity contribution is -0.121. The van der Waals surface area contributed by atoms with E-state index in [2.05, 4.69) is 59.8 Å². The van der Waals surface area contributed by atoms with E-state index in [1.54, 1.807) is 13.2 Å². The second-order valence-electron chi connectivity index (χ2n) is 15.0. The van der Waals surface area contributed by atoms with Gasteiger partial charge in [0, 0.05) is 30.5 Å². The first-order chi connectivity index (χ1) is 27.3. The Morgan fingerprint density at radius 3 is 2.50 bits per heavy atom. The van der Waals surface area contributed by atoms with Crippen LogP contribution in [0.25, 0.3) is 10.8 Å². The van der Waals surface area contributed by atoms with Crippen molar-refractivity contribution >= 4 is 22.2 Å². The molecule has 7 nitrogen and oxygen atoms in total. The van der Waals surface area contributed by atoms with Crippen molar-refractivity contribution in [2.45, 2.75) is 109 Å². The average molecular weight is 754 g/mol. The molecule has 0 fully saturated rings. The molecule has 0 radical (unpaired) electrons. The van der Waals surface area contributed by atoms with Crippen LogP contribution in [0.15, 0.2) is 103 Å². The number of ether oxygens (including phenoxy) is 3. The van der Waals surface area contributed by atoms with E-state index in [4.69, 9.17) is 14.2 Å². The molecule has 5 aromatic carbocycles. The van der Waals surface area contributed by atoms with E-state index < -0.39 is 6.10 Å². The van der Waals surface area contributed by atoms with E-state index in [0.717, 1.165) is 84.5 Å². The van der Waals surface area contributed by atoms with Crippen molar-refractivity contribution in [3.8, 4) is 29.3 Å². The van der Waals surface area contributed by atoms with Crippen molar-refractivity contribution in [3.63, 3.8) is 0 Å². The van der Waals surface area contributed by atoms with Gasteiger partial charge in [-0.25, -0.2) is 0 Å². The molecule has 0 aromatic heterocycles. The topological polar surface area (TPSA) is 97.2 Å². The largest absolute Gasteiger partial charge is 0.508 e. The fourth-order valence-corrected chi connectivity index (χ4v) is 7.42. The molecule has 5 aromatic rings. The maximum absolute atomic E-state index is 13.3. The third-order valence-electron chi connectivity index (χ3n) is 10.7. The third kappa shape index (κ3) is 11.8. The number of carbonyl (C=O) groups excluding carboxylic acids is 1. The number of carbonyl (C=O) groups is 1. The molecule has 0 spiro atoms. The summed E-state index contributed by atoms with van der Waals surface area (Å²) >= 11 is 0. The zero-order valence-corrected chi connectivity index (χ0v) is 32.8. The number of hydrogen-bond acceptors (Lipinski definition) is 7. The highest BCUT2D eigenvalue weighted by Crippen LogP contribution is 2.32. The number of aromatic hydroxyl groups is 1. The Balaban J connectivity index is 1.02. The molecule has 0 aliphatic carbocycles. The van der Waals surface area contributed by atoms with Crippen LogP contribution in [0.5, 0.6) is 17.2 Å². The number of hydrogen-bond donors (Lipinski definition) is 3. The molecule has 3 atom stereocenters. The number of ketones is 1. The Bertz CT molecular complexity index is 2100. The van der Waals surface area contributed by atoms with Gasteiger partial charge in [0.05, 0.1) is 19.3 Å². The monoisotopic (exact) mass is 753 g/mol. The minimum Gasteiger partial charge on any atom is -0.508 e. The predicted molar refractivity (Wildman–Crippen MR) is 224 cm³/mol. The SMILES string of the molecule is COc1ccc2cc1OCc1ccc3c(c(O)ccc3c1)CC#COC(CCCCCCCc1cccc(NC(Cc3ccccc3)C(C)O)c1)CC(=O)CC2. The van der Waals surface area contributed by atoms with Crippen molar-refractivity contribution in [2.24, 2.45) is 0 Å². The van der Waals surface area contributed by atoms with Gasteiger partial charge in [0.2, 0.25) is 0 Å². The predicted octanol–water partition coefficient (Wildman–Crippen LogP) is 9.91. The Labute approximate surface area is 332 Å². The summed E-state index contributed by atoms with van der Waals surface area (Å²) in [5.41, 5.74) is 6.28. The Morgan fingerprint density at radius 1 is 0.857 bits per heavy atom. The molecule has 0 amide bonds. The third-order valence-corrected chi connectivity index (χ3v) is 10.7. The molecule has 2 heterocycles. The molecule has 292 valence electrons. The van der Waals surface area contributed by atoms with E-state index in [1.807, 2.05) is 61.5 Å². The minimum atomic E-state index is -0.482. The first-order valence-corrected chi connectivity index (χ1v) is 20.1. The zero-order valence-electron chi connectivity index (χ0n) is 32.8. The summed E-state index contributed by atoms with van der Waals surface area (Å²) in [5, 5.41) is 26.7. The van der Waals surface area contributed by atoms with Crippen LogP contribution < -0.4 is 14.8 Å². The lowest BCUT2D eigenvalue weighted by Crippen LogP contribution is -2.33. The number of phenols is 1. The van der Waals surface area contributed by atoms with Gasteiger partial charge in [-0.15, -0.1) is 0 Å². The molecular weight excluding hydrogens is 699 g/mol. The number of nitrogens with one attached hydrogen (secondary N) is 1. The molecule has 0 saturated heterocycles. The summed E-state index contributed by atoms with van der Waals surface area (Å²) in [7, 11) is 1.63. The number of rotatable bonds is 14. The highest BCUT2D eigenvalue weighted by atomic mass is 16.5.